The highest BCUT2D eigenvalue weighted by atomic mass is 19.1. The van der Waals surface area contributed by atoms with Gasteiger partial charge in [-0.25, -0.2) is 8.78 Å². The summed E-state index contributed by atoms with van der Waals surface area (Å²) >= 11 is 0. The van der Waals surface area contributed by atoms with Gasteiger partial charge in [-0.3, -0.25) is 0 Å². The van der Waals surface area contributed by atoms with E-state index in [0.29, 0.717) is 6.42 Å². The molecule has 1 aliphatic rings. The monoisotopic (exact) mass is 227 g/mol. The van der Waals surface area contributed by atoms with Gasteiger partial charge in [0.2, 0.25) is 0 Å². The van der Waals surface area contributed by atoms with Crippen LogP contribution in [-0.2, 0) is 0 Å². The highest BCUT2D eigenvalue weighted by Gasteiger charge is 2.23. The van der Waals surface area contributed by atoms with Crippen molar-refractivity contribution in [2.24, 2.45) is 0 Å². The van der Waals surface area contributed by atoms with Crippen molar-refractivity contribution in [1.82, 2.24) is 5.32 Å². The first-order valence-corrected chi connectivity index (χ1v) is 5.54. The maximum absolute atomic E-state index is 13.4. The molecule has 16 heavy (non-hydrogen) atoms. The molecule has 1 aliphatic heterocycles. The third kappa shape index (κ3) is 2.39. The van der Waals surface area contributed by atoms with E-state index in [-0.39, 0.29) is 11.6 Å². The predicted octanol–water partition coefficient (Wildman–Crippen LogP) is 2.14. The molecule has 2 atom stereocenters. The minimum absolute atomic E-state index is 0.161. The average Bonchev–Trinajstić information content (AvgIpc) is 2.70. The van der Waals surface area contributed by atoms with Gasteiger partial charge in [-0.2, -0.15) is 0 Å². The molecule has 1 heterocycles. The van der Waals surface area contributed by atoms with Gasteiger partial charge in [0.15, 0.2) is 0 Å². The van der Waals surface area contributed by atoms with Gasteiger partial charge in [0.1, 0.15) is 11.6 Å². The number of nitrogens with one attached hydrogen (secondary N) is 1. The zero-order valence-electron chi connectivity index (χ0n) is 8.92. The maximum atomic E-state index is 13.4. The lowest BCUT2D eigenvalue weighted by Crippen LogP contribution is -2.24. The van der Waals surface area contributed by atoms with Gasteiger partial charge in [-0.1, -0.05) is 6.07 Å². The molecule has 2 nitrogen and oxygen atoms in total. The molecular formula is C12H15F2NO. The SMILES string of the molecule is OC(CC1CCCN1)c1c(F)cccc1F. The lowest BCUT2D eigenvalue weighted by Gasteiger charge is -2.17. The first kappa shape index (κ1) is 11.5. The fourth-order valence-corrected chi connectivity index (χ4v) is 2.17. The predicted molar refractivity (Wildman–Crippen MR) is 57.0 cm³/mol. The van der Waals surface area contributed by atoms with Crippen LogP contribution in [0.2, 0.25) is 0 Å². The highest BCUT2D eigenvalue weighted by Crippen LogP contribution is 2.26. The minimum Gasteiger partial charge on any atom is -0.388 e. The minimum atomic E-state index is -1.07. The van der Waals surface area contributed by atoms with E-state index in [9.17, 15) is 13.9 Å². The van der Waals surface area contributed by atoms with Crippen molar-refractivity contribution in [3.8, 4) is 0 Å². The lowest BCUT2D eigenvalue weighted by atomic mass is 10.00. The second-order valence-electron chi connectivity index (χ2n) is 4.18. The molecule has 0 radical (unpaired) electrons. The summed E-state index contributed by atoms with van der Waals surface area (Å²) in [7, 11) is 0. The van der Waals surface area contributed by atoms with Crippen LogP contribution in [0.1, 0.15) is 30.9 Å². The molecule has 0 aliphatic carbocycles. The molecule has 0 amide bonds. The fraction of sp³-hybridized carbons (Fsp3) is 0.500. The molecule has 0 bridgehead atoms. The van der Waals surface area contributed by atoms with E-state index in [1.165, 1.54) is 18.2 Å². The number of aliphatic hydroxyl groups is 1. The summed E-state index contributed by atoms with van der Waals surface area (Å²) in [4.78, 5) is 0. The zero-order chi connectivity index (χ0) is 11.5. The molecule has 0 spiro atoms. The van der Waals surface area contributed by atoms with E-state index in [1.54, 1.807) is 0 Å². The van der Waals surface area contributed by atoms with Crippen LogP contribution in [0.3, 0.4) is 0 Å². The van der Waals surface area contributed by atoms with Gasteiger partial charge in [0, 0.05) is 6.04 Å². The Morgan fingerprint density at radius 2 is 2.06 bits per heavy atom. The topological polar surface area (TPSA) is 32.3 Å². The maximum Gasteiger partial charge on any atom is 0.131 e. The zero-order valence-corrected chi connectivity index (χ0v) is 8.92. The van der Waals surface area contributed by atoms with E-state index < -0.39 is 17.7 Å². The smallest absolute Gasteiger partial charge is 0.131 e. The number of hydrogen-bond donors (Lipinski definition) is 2. The number of halogens is 2. The van der Waals surface area contributed by atoms with Gasteiger partial charge in [0.05, 0.1) is 11.7 Å². The first-order valence-electron chi connectivity index (χ1n) is 5.54. The Hall–Kier alpha value is -1.00. The molecule has 0 aromatic heterocycles. The van der Waals surface area contributed by atoms with Crippen molar-refractivity contribution < 1.29 is 13.9 Å². The van der Waals surface area contributed by atoms with Crippen LogP contribution in [-0.4, -0.2) is 17.7 Å². The van der Waals surface area contributed by atoms with Crippen molar-refractivity contribution in [1.29, 1.82) is 0 Å². The van der Waals surface area contributed by atoms with Crippen LogP contribution in [0.15, 0.2) is 18.2 Å². The van der Waals surface area contributed by atoms with Crippen molar-refractivity contribution in [2.75, 3.05) is 6.54 Å². The third-order valence-corrected chi connectivity index (χ3v) is 3.00. The van der Waals surface area contributed by atoms with Crippen LogP contribution >= 0.6 is 0 Å². The Morgan fingerprint density at radius 3 is 2.62 bits per heavy atom. The summed E-state index contributed by atoms with van der Waals surface area (Å²) < 4.78 is 26.7. The molecule has 88 valence electrons. The van der Waals surface area contributed by atoms with E-state index in [2.05, 4.69) is 5.32 Å². The van der Waals surface area contributed by atoms with Crippen molar-refractivity contribution in [3.63, 3.8) is 0 Å². The summed E-state index contributed by atoms with van der Waals surface area (Å²) in [6.07, 6.45) is 1.29. The van der Waals surface area contributed by atoms with Crippen molar-refractivity contribution in [2.45, 2.75) is 31.4 Å². The Bertz CT molecular complexity index is 344. The Kier molecular flexibility index (Phi) is 3.51. The fourth-order valence-electron chi connectivity index (χ4n) is 2.17. The van der Waals surface area contributed by atoms with Gasteiger partial charge >= 0.3 is 0 Å². The van der Waals surface area contributed by atoms with Crippen LogP contribution in [0, 0.1) is 11.6 Å². The highest BCUT2D eigenvalue weighted by molar-refractivity contribution is 5.22. The van der Waals surface area contributed by atoms with Gasteiger partial charge in [-0.15, -0.1) is 0 Å². The van der Waals surface area contributed by atoms with Crippen molar-refractivity contribution >= 4 is 0 Å². The summed E-state index contributed by atoms with van der Waals surface area (Å²) in [6.45, 7) is 0.914. The summed E-state index contributed by atoms with van der Waals surface area (Å²) in [5.74, 6) is -1.35. The molecule has 1 fully saturated rings. The quantitative estimate of drug-likeness (QED) is 0.829. The first-order chi connectivity index (χ1) is 7.68. The second-order valence-corrected chi connectivity index (χ2v) is 4.18. The standard InChI is InChI=1S/C12H15F2NO/c13-9-4-1-5-10(14)12(9)11(16)7-8-3-2-6-15-8/h1,4-5,8,11,15-16H,2-3,6-7H2. The summed E-state index contributed by atoms with van der Waals surface area (Å²) in [5, 5.41) is 13.0. The van der Waals surface area contributed by atoms with Gasteiger partial charge < -0.3 is 10.4 Å². The van der Waals surface area contributed by atoms with E-state index >= 15 is 0 Å². The third-order valence-electron chi connectivity index (χ3n) is 3.00. The van der Waals surface area contributed by atoms with Crippen LogP contribution in [0.5, 0.6) is 0 Å². The molecule has 4 heteroatoms. The lowest BCUT2D eigenvalue weighted by molar-refractivity contribution is 0.145. The number of hydrogen-bond acceptors (Lipinski definition) is 2. The molecule has 1 saturated heterocycles. The molecule has 2 unspecified atom stereocenters. The second kappa shape index (κ2) is 4.89. The molecule has 2 rings (SSSR count). The molecule has 1 aromatic carbocycles. The van der Waals surface area contributed by atoms with Gasteiger partial charge in [-0.05, 0) is 37.9 Å². The normalized spacial score (nSPS) is 22.3. The number of rotatable bonds is 3. The number of benzene rings is 1. The van der Waals surface area contributed by atoms with E-state index in [0.717, 1.165) is 19.4 Å². The molecular weight excluding hydrogens is 212 g/mol. The molecule has 2 N–H and O–H groups in total. The van der Waals surface area contributed by atoms with Crippen LogP contribution < -0.4 is 5.32 Å². The molecule has 1 aromatic rings. The largest absolute Gasteiger partial charge is 0.388 e. The Labute approximate surface area is 93.3 Å². The Balaban J connectivity index is 2.10. The number of aliphatic hydroxyl groups excluding tert-OH is 1. The average molecular weight is 227 g/mol. The molecule has 0 saturated carbocycles. The van der Waals surface area contributed by atoms with Gasteiger partial charge in [0.25, 0.3) is 0 Å². The summed E-state index contributed by atoms with van der Waals surface area (Å²) in [6, 6.07) is 3.80. The Morgan fingerprint density at radius 1 is 1.38 bits per heavy atom. The van der Waals surface area contributed by atoms with E-state index in [1.807, 2.05) is 0 Å². The van der Waals surface area contributed by atoms with Crippen LogP contribution in [0.4, 0.5) is 8.78 Å². The van der Waals surface area contributed by atoms with E-state index in [4.69, 9.17) is 0 Å². The van der Waals surface area contributed by atoms with Crippen molar-refractivity contribution in [3.05, 3.63) is 35.4 Å². The summed E-state index contributed by atoms with van der Waals surface area (Å²) in [5.41, 5.74) is -0.212. The van der Waals surface area contributed by atoms with Crippen LogP contribution in [0.25, 0.3) is 0 Å².